The second-order valence-electron chi connectivity index (χ2n) is 5.69. The Hall–Kier alpha value is -1.70. The van der Waals surface area contributed by atoms with Crippen molar-refractivity contribution in [3.05, 3.63) is 35.9 Å². The first-order valence-electron chi connectivity index (χ1n) is 7.18. The van der Waals surface area contributed by atoms with Gasteiger partial charge in [-0.1, -0.05) is 12.1 Å². The van der Waals surface area contributed by atoms with E-state index in [-0.39, 0.29) is 17.0 Å². The Morgan fingerprint density at radius 1 is 1.32 bits per heavy atom. The smallest absolute Gasteiger partial charge is 0.241 e. The van der Waals surface area contributed by atoms with Crippen molar-refractivity contribution in [1.82, 2.24) is 9.71 Å². The summed E-state index contributed by atoms with van der Waals surface area (Å²) >= 11 is 0. The monoisotopic (exact) mass is 321 g/mol. The highest BCUT2D eigenvalue weighted by atomic mass is 32.2. The van der Waals surface area contributed by atoms with Crippen LogP contribution in [0.1, 0.15) is 24.3 Å². The molecule has 118 valence electrons. The Kier molecular flexibility index (Phi) is 3.80. The average molecular weight is 321 g/mol. The largest absolute Gasteiger partial charge is 0.441 e. The van der Waals surface area contributed by atoms with Crippen molar-refractivity contribution >= 4 is 10.0 Å². The number of aromatic nitrogens is 1. The summed E-state index contributed by atoms with van der Waals surface area (Å²) in [7, 11) is -3.60. The molecule has 1 fully saturated rings. The highest BCUT2D eigenvalue weighted by Crippen LogP contribution is 2.27. The number of rotatable bonds is 4. The topological polar surface area (TPSA) is 98.2 Å². The van der Waals surface area contributed by atoms with Crippen LogP contribution in [-0.4, -0.2) is 25.5 Å². The molecule has 0 unspecified atom stereocenters. The number of benzene rings is 1. The second kappa shape index (κ2) is 5.49. The number of nitrogens with zero attached hydrogens (tertiary/aromatic N) is 1. The molecule has 6 nitrogen and oxygen atoms in total. The molecule has 1 heterocycles. The van der Waals surface area contributed by atoms with Crippen molar-refractivity contribution in [1.29, 1.82) is 0 Å². The van der Waals surface area contributed by atoms with Crippen molar-refractivity contribution < 1.29 is 12.8 Å². The summed E-state index contributed by atoms with van der Waals surface area (Å²) < 4.78 is 33.3. The minimum atomic E-state index is -3.60. The Morgan fingerprint density at radius 2 is 2.09 bits per heavy atom. The van der Waals surface area contributed by atoms with Gasteiger partial charge in [-0.2, -0.15) is 0 Å². The second-order valence-corrected chi connectivity index (χ2v) is 7.38. The molecule has 3 rings (SSSR count). The molecule has 1 aromatic heterocycles. The minimum absolute atomic E-state index is 0.102. The summed E-state index contributed by atoms with van der Waals surface area (Å²) in [5.41, 5.74) is 7.19. The highest BCUT2D eigenvalue weighted by Gasteiger charge is 2.32. The number of nitrogens with two attached hydrogens (primary N) is 1. The molecule has 0 spiro atoms. The van der Waals surface area contributed by atoms with Gasteiger partial charge in [-0.15, -0.1) is 0 Å². The van der Waals surface area contributed by atoms with Crippen molar-refractivity contribution in [3.8, 4) is 11.3 Å². The van der Waals surface area contributed by atoms with Gasteiger partial charge < -0.3 is 10.2 Å². The van der Waals surface area contributed by atoms with Crippen LogP contribution in [0.4, 0.5) is 0 Å². The zero-order chi connectivity index (χ0) is 15.9. The first-order valence-corrected chi connectivity index (χ1v) is 8.66. The van der Waals surface area contributed by atoms with Gasteiger partial charge >= 0.3 is 0 Å². The predicted molar refractivity (Wildman–Crippen MR) is 82.7 cm³/mol. The third kappa shape index (κ3) is 2.79. The van der Waals surface area contributed by atoms with Crippen molar-refractivity contribution in [3.63, 3.8) is 0 Å². The maximum Gasteiger partial charge on any atom is 0.241 e. The van der Waals surface area contributed by atoms with E-state index in [4.69, 9.17) is 10.2 Å². The first-order chi connectivity index (χ1) is 10.4. The Labute approximate surface area is 129 Å². The normalized spacial score (nSPS) is 21.6. The van der Waals surface area contributed by atoms with Gasteiger partial charge in [0.1, 0.15) is 0 Å². The van der Waals surface area contributed by atoms with Crippen LogP contribution in [-0.2, 0) is 10.0 Å². The van der Waals surface area contributed by atoms with Gasteiger partial charge in [-0.3, -0.25) is 0 Å². The molecule has 2 aromatic rings. The van der Waals surface area contributed by atoms with E-state index >= 15 is 0 Å². The molecule has 0 aliphatic heterocycles. The van der Waals surface area contributed by atoms with Gasteiger partial charge in [-0.25, -0.2) is 18.1 Å². The van der Waals surface area contributed by atoms with Crippen molar-refractivity contribution in [2.75, 3.05) is 0 Å². The summed E-state index contributed by atoms with van der Waals surface area (Å²) in [6.07, 6.45) is 3.22. The lowest BCUT2D eigenvalue weighted by molar-refractivity contribution is 0.321. The van der Waals surface area contributed by atoms with E-state index in [0.717, 1.165) is 12.8 Å². The van der Waals surface area contributed by atoms with E-state index in [1.807, 2.05) is 6.07 Å². The number of nitrogens with one attached hydrogen (secondary N) is 1. The van der Waals surface area contributed by atoms with E-state index in [0.29, 0.717) is 22.8 Å². The van der Waals surface area contributed by atoms with Crippen LogP contribution in [0.15, 0.2) is 33.7 Å². The first kappa shape index (κ1) is 15.2. The Bertz CT molecular complexity index is 798. The van der Waals surface area contributed by atoms with Gasteiger partial charge in [0, 0.05) is 24.6 Å². The van der Waals surface area contributed by atoms with E-state index < -0.39 is 10.0 Å². The van der Waals surface area contributed by atoms with Crippen LogP contribution in [0.5, 0.6) is 0 Å². The lowest BCUT2D eigenvalue weighted by Crippen LogP contribution is -2.54. The molecule has 0 bridgehead atoms. The summed E-state index contributed by atoms with van der Waals surface area (Å²) in [5, 5.41) is 0. The molecular weight excluding hydrogens is 302 g/mol. The van der Waals surface area contributed by atoms with Crippen LogP contribution < -0.4 is 10.5 Å². The van der Waals surface area contributed by atoms with Crippen molar-refractivity contribution in [2.24, 2.45) is 5.73 Å². The Balaban J connectivity index is 1.95. The van der Waals surface area contributed by atoms with Gasteiger partial charge in [0.15, 0.2) is 11.7 Å². The lowest BCUT2D eigenvalue weighted by Gasteiger charge is -2.33. The van der Waals surface area contributed by atoms with Crippen molar-refractivity contribution in [2.45, 2.75) is 43.7 Å². The molecule has 2 atom stereocenters. The molecule has 3 N–H and O–H groups in total. The van der Waals surface area contributed by atoms with E-state index in [2.05, 4.69) is 9.71 Å². The van der Waals surface area contributed by atoms with Crippen LogP contribution in [0.2, 0.25) is 0 Å². The average Bonchev–Trinajstić information content (AvgIpc) is 2.90. The van der Waals surface area contributed by atoms with Gasteiger partial charge in [0.05, 0.1) is 11.1 Å². The minimum Gasteiger partial charge on any atom is -0.441 e. The van der Waals surface area contributed by atoms with Gasteiger partial charge in [0.25, 0.3) is 0 Å². The fourth-order valence-electron chi connectivity index (χ4n) is 2.47. The quantitative estimate of drug-likeness (QED) is 0.893. The molecular formula is C15H19N3O3S. The zero-order valence-electron chi connectivity index (χ0n) is 12.5. The third-order valence-electron chi connectivity index (χ3n) is 4.02. The van der Waals surface area contributed by atoms with Gasteiger partial charge in [0.2, 0.25) is 10.0 Å². The number of aryl methyl sites for hydroxylation is 2. The molecule has 0 radical (unpaired) electrons. The summed E-state index contributed by atoms with van der Waals surface area (Å²) in [6, 6.07) is 4.92. The summed E-state index contributed by atoms with van der Waals surface area (Å²) in [6.45, 7) is 3.51. The maximum absolute atomic E-state index is 12.6. The number of oxazole rings is 1. The fraction of sp³-hybridized carbons (Fsp3) is 0.400. The molecule has 0 amide bonds. The number of hydrogen-bond acceptors (Lipinski definition) is 5. The molecule has 22 heavy (non-hydrogen) atoms. The van der Waals surface area contributed by atoms with Crippen LogP contribution >= 0.6 is 0 Å². The van der Waals surface area contributed by atoms with Crippen LogP contribution in [0, 0.1) is 13.8 Å². The standard InChI is InChI=1S/C15H19N3O3S/c1-9-3-4-11(14-8-17-10(2)21-14)7-15(9)22(19,20)18-13-6-5-12(13)16/h3-4,7-8,12-13,18H,5-6,16H2,1-2H3/t12-,13+/m1/s1. The lowest BCUT2D eigenvalue weighted by atomic mass is 9.88. The van der Waals surface area contributed by atoms with Crippen LogP contribution in [0.25, 0.3) is 11.3 Å². The van der Waals surface area contributed by atoms with Crippen LogP contribution in [0.3, 0.4) is 0 Å². The summed E-state index contributed by atoms with van der Waals surface area (Å²) in [5.74, 6) is 1.09. The van der Waals surface area contributed by atoms with E-state index in [1.54, 1.807) is 32.2 Å². The molecule has 1 aliphatic rings. The molecule has 0 saturated heterocycles. The zero-order valence-corrected chi connectivity index (χ0v) is 13.4. The fourth-order valence-corrected chi connectivity index (χ4v) is 4.06. The summed E-state index contributed by atoms with van der Waals surface area (Å²) in [4.78, 5) is 4.29. The molecule has 1 aliphatic carbocycles. The third-order valence-corrected chi connectivity index (χ3v) is 5.65. The number of hydrogen-bond donors (Lipinski definition) is 2. The molecule has 1 saturated carbocycles. The van der Waals surface area contributed by atoms with E-state index in [9.17, 15) is 8.42 Å². The predicted octanol–water partition coefficient (Wildman–Crippen LogP) is 1.73. The molecule has 1 aromatic carbocycles. The SMILES string of the molecule is Cc1ncc(-c2ccc(C)c(S(=O)(=O)N[C@H]3CC[C@H]3N)c2)o1. The number of sulfonamides is 1. The molecule has 7 heteroatoms. The highest BCUT2D eigenvalue weighted by molar-refractivity contribution is 7.89. The van der Waals surface area contributed by atoms with Gasteiger partial charge in [-0.05, 0) is 31.4 Å². The Morgan fingerprint density at radius 3 is 2.64 bits per heavy atom. The maximum atomic E-state index is 12.6. The van der Waals surface area contributed by atoms with E-state index in [1.165, 1.54) is 0 Å².